The standard InChI is InChI=1S/C21H25NO3/c1-24-21(23)19-9-5-17(6-10-19)15-25-20-11-7-16(8-12-20)3-2-4-18-13-22-14-18/h5-12,18,22H,2-4,13-15H2,1H3. The fourth-order valence-corrected chi connectivity index (χ4v) is 2.92. The number of carbonyl (C=O) groups excluding carboxylic acids is 1. The first-order valence-electron chi connectivity index (χ1n) is 8.84. The Labute approximate surface area is 149 Å². The van der Waals surface area contributed by atoms with E-state index in [4.69, 9.17) is 9.47 Å². The highest BCUT2D eigenvalue weighted by Crippen LogP contribution is 2.18. The quantitative estimate of drug-likeness (QED) is 0.747. The smallest absolute Gasteiger partial charge is 0.337 e. The minimum absolute atomic E-state index is 0.323. The maximum Gasteiger partial charge on any atom is 0.337 e. The van der Waals surface area contributed by atoms with Gasteiger partial charge in [0.2, 0.25) is 0 Å². The molecule has 0 unspecified atom stereocenters. The van der Waals surface area contributed by atoms with Gasteiger partial charge in [0.25, 0.3) is 0 Å². The number of hydrogen-bond donors (Lipinski definition) is 1. The Balaban J connectivity index is 1.43. The largest absolute Gasteiger partial charge is 0.489 e. The highest BCUT2D eigenvalue weighted by Gasteiger charge is 2.15. The predicted octanol–water partition coefficient (Wildman–Crippen LogP) is 3.59. The Morgan fingerprint density at radius 3 is 2.32 bits per heavy atom. The van der Waals surface area contributed by atoms with E-state index in [2.05, 4.69) is 17.4 Å². The molecule has 0 spiro atoms. The lowest BCUT2D eigenvalue weighted by atomic mass is 9.95. The van der Waals surface area contributed by atoms with E-state index in [0.29, 0.717) is 12.2 Å². The SMILES string of the molecule is COC(=O)c1ccc(COc2ccc(CCCC3CNC3)cc2)cc1. The van der Waals surface area contributed by atoms with E-state index in [-0.39, 0.29) is 5.97 Å². The number of rotatable bonds is 8. The number of nitrogens with one attached hydrogen (secondary N) is 1. The second-order valence-corrected chi connectivity index (χ2v) is 6.54. The van der Waals surface area contributed by atoms with Crippen LogP contribution in [0, 0.1) is 5.92 Å². The van der Waals surface area contributed by atoms with E-state index >= 15 is 0 Å². The van der Waals surface area contributed by atoms with Gasteiger partial charge < -0.3 is 14.8 Å². The zero-order chi connectivity index (χ0) is 17.5. The molecule has 0 aliphatic carbocycles. The van der Waals surface area contributed by atoms with Gasteiger partial charge in [0.05, 0.1) is 12.7 Å². The number of benzene rings is 2. The number of esters is 1. The molecule has 2 aromatic carbocycles. The van der Waals surface area contributed by atoms with Crippen LogP contribution in [0.2, 0.25) is 0 Å². The van der Waals surface area contributed by atoms with Crippen molar-refractivity contribution in [1.29, 1.82) is 0 Å². The average Bonchev–Trinajstić information content (AvgIpc) is 2.63. The predicted molar refractivity (Wildman–Crippen MR) is 97.9 cm³/mol. The summed E-state index contributed by atoms with van der Waals surface area (Å²) >= 11 is 0. The summed E-state index contributed by atoms with van der Waals surface area (Å²) in [5, 5.41) is 3.32. The number of aryl methyl sites for hydroxylation is 1. The topological polar surface area (TPSA) is 47.6 Å². The van der Waals surface area contributed by atoms with E-state index < -0.39 is 0 Å². The minimum atomic E-state index is -0.323. The number of ether oxygens (including phenoxy) is 2. The van der Waals surface area contributed by atoms with Crippen molar-refractivity contribution >= 4 is 5.97 Å². The molecule has 132 valence electrons. The van der Waals surface area contributed by atoms with Gasteiger partial charge in [-0.15, -0.1) is 0 Å². The molecule has 1 saturated heterocycles. The lowest BCUT2D eigenvalue weighted by Crippen LogP contribution is -2.41. The summed E-state index contributed by atoms with van der Waals surface area (Å²) in [6.07, 6.45) is 3.69. The fraction of sp³-hybridized carbons (Fsp3) is 0.381. The van der Waals surface area contributed by atoms with Gasteiger partial charge >= 0.3 is 5.97 Å². The van der Waals surface area contributed by atoms with Crippen LogP contribution in [0.1, 0.15) is 34.3 Å². The van der Waals surface area contributed by atoms with Crippen molar-refractivity contribution in [1.82, 2.24) is 5.32 Å². The van der Waals surface area contributed by atoms with E-state index in [1.54, 1.807) is 12.1 Å². The Morgan fingerprint density at radius 1 is 1.04 bits per heavy atom. The lowest BCUT2D eigenvalue weighted by Gasteiger charge is -2.26. The number of methoxy groups -OCH3 is 1. The molecule has 0 aromatic heterocycles. The Kier molecular flexibility index (Phi) is 6.07. The molecular formula is C21H25NO3. The molecule has 3 rings (SSSR count). The highest BCUT2D eigenvalue weighted by molar-refractivity contribution is 5.89. The van der Waals surface area contributed by atoms with Gasteiger partial charge in [0.15, 0.2) is 0 Å². The second-order valence-electron chi connectivity index (χ2n) is 6.54. The van der Waals surface area contributed by atoms with Crippen molar-refractivity contribution in [3.8, 4) is 5.75 Å². The third-order valence-electron chi connectivity index (χ3n) is 4.65. The maximum absolute atomic E-state index is 11.4. The van der Waals surface area contributed by atoms with Gasteiger partial charge in [0, 0.05) is 0 Å². The summed E-state index contributed by atoms with van der Waals surface area (Å²) in [7, 11) is 1.38. The first-order chi connectivity index (χ1) is 12.2. The van der Waals surface area contributed by atoms with Crippen LogP contribution in [-0.4, -0.2) is 26.2 Å². The van der Waals surface area contributed by atoms with Crippen molar-refractivity contribution in [3.05, 3.63) is 65.2 Å². The molecule has 4 heteroatoms. The molecule has 25 heavy (non-hydrogen) atoms. The van der Waals surface area contributed by atoms with E-state index in [9.17, 15) is 4.79 Å². The molecule has 1 heterocycles. The zero-order valence-corrected chi connectivity index (χ0v) is 14.7. The summed E-state index contributed by atoms with van der Waals surface area (Å²) in [4.78, 5) is 11.4. The van der Waals surface area contributed by atoms with E-state index in [0.717, 1.165) is 23.7 Å². The van der Waals surface area contributed by atoms with Gasteiger partial charge in [-0.2, -0.15) is 0 Å². The van der Waals surface area contributed by atoms with Crippen molar-refractivity contribution < 1.29 is 14.3 Å². The van der Waals surface area contributed by atoms with Gasteiger partial charge in [-0.25, -0.2) is 4.79 Å². The summed E-state index contributed by atoms with van der Waals surface area (Å²) in [5.41, 5.74) is 2.93. The Hall–Kier alpha value is -2.33. The van der Waals surface area contributed by atoms with Crippen molar-refractivity contribution in [3.63, 3.8) is 0 Å². The van der Waals surface area contributed by atoms with Crippen LogP contribution in [0.4, 0.5) is 0 Å². The van der Waals surface area contributed by atoms with Crippen LogP contribution in [0.15, 0.2) is 48.5 Å². The molecule has 1 aliphatic rings. The van der Waals surface area contributed by atoms with Gasteiger partial charge in [-0.1, -0.05) is 24.3 Å². The zero-order valence-electron chi connectivity index (χ0n) is 14.7. The fourth-order valence-electron chi connectivity index (χ4n) is 2.92. The average molecular weight is 339 g/mol. The normalized spacial score (nSPS) is 14.0. The molecule has 2 aromatic rings. The van der Waals surface area contributed by atoms with E-state index in [1.165, 1.54) is 38.6 Å². The molecule has 1 aliphatic heterocycles. The molecule has 4 nitrogen and oxygen atoms in total. The number of carbonyl (C=O) groups is 1. The lowest BCUT2D eigenvalue weighted by molar-refractivity contribution is 0.0600. The highest BCUT2D eigenvalue weighted by atomic mass is 16.5. The van der Waals surface area contributed by atoms with Crippen LogP contribution in [0.3, 0.4) is 0 Å². The van der Waals surface area contributed by atoms with Crippen LogP contribution in [-0.2, 0) is 17.8 Å². The first kappa shape index (κ1) is 17.5. The third kappa shape index (κ3) is 5.07. The van der Waals surface area contributed by atoms with E-state index in [1.807, 2.05) is 24.3 Å². The van der Waals surface area contributed by atoms with Gasteiger partial charge in [-0.05, 0) is 73.7 Å². The van der Waals surface area contributed by atoms with Crippen molar-refractivity contribution in [2.45, 2.75) is 25.9 Å². The van der Waals surface area contributed by atoms with Crippen molar-refractivity contribution in [2.75, 3.05) is 20.2 Å². The van der Waals surface area contributed by atoms with Gasteiger partial charge in [-0.3, -0.25) is 0 Å². The Bertz CT molecular complexity index is 675. The molecule has 0 bridgehead atoms. The van der Waals surface area contributed by atoms with Crippen LogP contribution in [0.25, 0.3) is 0 Å². The summed E-state index contributed by atoms with van der Waals surface area (Å²) in [6, 6.07) is 15.6. The van der Waals surface area contributed by atoms with Crippen LogP contribution in [0.5, 0.6) is 5.75 Å². The molecule has 0 atom stereocenters. The van der Waals surface area contributed by atoms with Crippen LogP contribution >= 0.6 is 0 Å². The monoisotopic (exact) mass is 339 g/mol. The summed E-state index contributed by atoms with van der Waals surface area (Å²) in [6.45, 7) is 2.86. The molecule has 0 saturated carbocycles. The maximum atomic E-state index is 11.4. The molecule has 1 N–H and O–H groups in total. The summed E-state index contributed by atoms with van der Waals surface area (Å²) in [5.74, 6) is 1.42. The molecular weight excluding hydrogens is 314 g/mol. The molecule has 0 radical (unpaired) electrons. The first-order valence-corrected chi connectivity index (χ1v) is 8.84. The third-order valence-corrected chi connectivity index (χ3v) is 4.65. The summed E-state index contributed by atoms with van der Waals surface area (Å²) < 4.78 is 10.5. The van der Waals surface area contributed by atoms with Gasteiger partial charge in [0.1, 0.15) is 12.4 Å². The van der Waals surface area contributed by atoms with Crippen molar-refractivity contribution in [2.24, 2.45) is 5.92 Å². The number of hydrogen-bond acceptors (Lipinski definition) is 4. The second kappa shape index (κ2) is 8.67. The Morgan fingerprint density at radius 2 is 1.72 bits per heavy atom. The van der Waals surface area contributed by atoms with Crippen LogP contribution < -0.4 is 10.1 Å². The molecule has 0 amide bonds. The molecule has 1 fully saturated rings. The minimum Gasteiger partial charge on any atom is -0.489 e.